The number of aromatic nitrogens is 3. The number of hydrogen-bond acceptors (Lipinski definition) is 7. The third-order valence-electron chi connectivity index (χ3n) is 3.52. The Labute approximate surface area is 120 Å². The van der Waals surface area contributed by atoms with Gasteiger partial charge in [-0.3, -0.25) is 0 Å². The minimum Gasteiger partial charge on any atom is -0.357 e. The summed E-state index contributed by atoms with van der Waals surface area (Å²) >= 11 is 0. The van der Waals surface area contributed by atoms with Gasteiger partial charge in [-0.25, -0.2) is 0 Å². The van der Waals surface area contributed by atoms with E-state index in [9.17, 15) is 0 Å². The van der Waals surface area contributed by atoms with Crippen LogP contribution < -0.4 is 15.5 Å². The Morgan fingerprint density at radius 1 is 1.25 bits per heavy atom. The molecular weight excluding hydrogens is 254 g/mol. The molecule has 7 nitrogen and oxygen atoms in total. The fraction of sp³-hybridized carbons (Fsp3) is 0.769. The molecule has 0 aliphatic carbocycles. The zero-order valence-corrected chi connectivity index (χ0v) is 12.8. The van der Waals surface area contributed by atoms with Crippen molar-refractivity contribution in [1.29, 1.82) is 0 Å². The van der Waals surface area contributed by atoms with Gasteiger partial charge < -0.3 is 20.4 Å². The molecule has 1 aromatic rings. The van der Waals surface area contributed by atoms with Gasteiger partial charge in [0, 0.05) is 34.2 Å². The molecule has 0 radical (unpaired) electrons. The summed E-state index contributed by atoms with van der Waals surface area (Å²) in [5.41, 5.74) is 0. The molecule has 7 heteroatoms. The first-order chi connectivity index (χ1) is 9.58. The van der Waals surface area contributed by atoms with Gasteiger partial charge in [-0.05, 0) is 32.4 Å². The molecule has 1 fully saturated rings. The zero-order chi connectivity index (χ0) is 14.5. The first-order valence-electron chi connectivity index (χ1n) is 7.12. The molecule has 1 atom stereocenters. The van der Waals surface area contributed by atoms with E-state index in [-0.39, 0.29) is 0 Å². The Balaban J connectivity index is 1.99. The molecule has 1 aliphatic heterocycles. The molecule has 0 spiro atoms. The Kier molecular flexibility index (Phi) is 4.94. The predicted molar refractivity (Wildman–Crippen MR) is 82.4 cm³/mol. The highest BCUT2D eigenvalue weighted by Crippen LogP contribution is 2.16. The molecule has 2 rings (SSSR count). The van der Waals surface area contributed by atoms with Crippen LogP contribution >= 0.6 is 0 Å². The maximum Gasteiger partial charge on any atom is 0.231 e. The van der Waals surface area contributed by atoms with Crippen LogP contribution in [0.5, 0.6) is 0 Å². The van der Waals surface area contributed by atoms with E-state index in [0.717, 1.165) is 13.1 Å². The lowest BCUT2D eigenvalue weighted by molar-refractivity contribution is 0.217. The average molecular weight is 279 g/mol. The van der Waals surface area contributed by atoms with Crippen LogP contribution in [-0.4, -0.2) is 67.7 Å². The number of rotatable bonds is 5. The summed E-state index contributed by atoms with van der Waals surface area (Å²) in [6.45, 7) is 3.25. The van der Waals surface area contributed by atoms with Crippen molar-refractivity contribution in [2.45, 2.75) is 12.8 Å². The van der Waals surface area contributed by atoms with Gasteiger partial charge in [0.1, 0.15) is 0 Å². The van der Waals surface area contributed by atoms with Crippen molar-refractivity contribution in [3.8, 4) is 0 Å². The standard InChI is InChI=1S/C13H25N7/c1-14-11-16-12(18-13(17-11)19(2)3)15-8-10-6-5-7-20(4)9-10/h10H,5-9H2,1-4H3,(H2,14,15,16,17,18). The third kappa shape index (κ3) is 3.93. The van der Waals surface area contributed by atoms with Crippen molar-refractivity contribution >= 4 is 17.8 Å². The molecule has 1 aromatic heterocycles. The lowest BCUT2D eigenvalue weighted by Crippen LogP contribution is -2.35. The summed E-state index contributed by atoms with van der Waals surface area (Å²) in [7, 11) is 7.84. The minimum absolute atomic E-state index is 0.590. The van der Waals surface area contributed by atoms with Crippen LogP contribution in [0.25, 0.3) is 0 Å². The van der Waals surface area contributed by atoms with Gasteiger partial charge in [-0.2, -0.15) is 15.0 Å². The maximum absolute atomic E-state index is 4.42. The van der Waals surface area contributed by atoms with Gasteiger partial charge >= 0.3 is 0 Å². The van der Waals surface area contributed by atoms with E-state index in [4.69, 9.17) is 0 Å². The normalized spacial score (nSPS) is 19.7. The molecule has 1 aliphatic rings. The first kappa shape index (κ1) is 14.8. The molecular formula is C13H25N7. The van der Waals surface area contributed by atoms with Crippen LogP contribution in [0.4, 0.5) is 17.8 Å². The fourth-order valence-electron chi connectivity index (χ4n) is 2.43. The van der Waals surface area contributed by atoms with Gasteiger partial charge in [-0.1, -0.05) is 0 Å². The lowest BCUT2D eigenvalue weighted by atomic mass is 9.99. The average Bonchev–Trinajstić information content (AvgIpc) is 2.45. The minimum atomic E-state index is 0.590. The Bertz CT molecular complexity index is 435. The van der Waals surface area contributed by atoms with E-state index >= 15 is 0 Å². The summed E-state index contributed by atoms with van der Waals surface area (Å²) in [5.74, 6) is 2.55. The number of anilines is 3. The molecule has 112 valence electrons. The molecule has 0 saturated carbocycles. The van der Waals surface area contributed by atoms with Gasteiger partial charge in [0.2, 0.25) is 17.8 Å². The summed E-state index contributed by atoms with van der Waals surface area (Å²) < 4.78 is 0. The van der Waals surface area contributed by atoms with Crippen molar-refractivity contribution in [2.24, 2.45) is 5.92 Å². The molecule has 20 heavy (non-hydrogen) atoms. The summed E-state index contributed by atoms with van der Waals surface area (Å²) in [4.78, 5) is 17.3. The molecule has 1 unspecified atom stereocenters. The van der Waals surface area contributed by atoms with E-state index in [1.54, 1.807) is 0 Å². The summed E-state index contributed by atoms with van der Waals surface area (Å²) in [6.07, 6.45) is 2.53. The Morgan fingerprint density at radius 2 is 2.00 bits per heavy atom. The monoisotopic (exact) mass is 279 g/mol. The van der Waals surface area contributed by atoms with Crippen molar-refractivity contribution < 1.29 is 0 Å². The number of nitrogens with zero attached hydrogens (tertiary/aromatic N) is 5. The largest absolute Gasteiger partial charge is 0.357 e. The van der Waals surface area contributed by atoms with E-state index in [0.29, 0.717) is 23.8 Å². The SMILES string of the molecule is CNc1nc(NCC2CCCN(C)C2)nc(N(C)C)n1. The number of likely N-dealkylation sites (tertiary alicyclic amines) is 1. The molecule has 1 saturated heterocycles. The van der Waals surface area contributed by atoms with Crippen LogP contribution in [0.3, 0.4) is 0 Å². The van der Waals surface area contributed by atoms with Crippen LogP contribution in [0.15, 0.2) is 0 Å². The quantitative estimate of drug-likeness (QED) is 0.823. The predicted octanol–water partition coefficient (Wildman–Crippen LogP) is 0.733. The summed E-state index contributed by atoms with van der Waals surface area (Å²) in [5, 5.41) is 6.32. The van der Waals surface area contributed by atoms with Crippen molar-refractivity contribution in [1.82, 2.24) is 19.9 Å². The highest BCUT2D eigenvalue weighted by Gasteiger charge is 2.17. The van der Waals surface area contributed by atoms with Crippen LogP contribution in [0.2, 0.25) is 0 Å². The van der Waals surface area contributed by atoms with E-state index in [2.05, 4.69) is 37.5 Å². The number of hydrogen-bond donors (Lipinski definition) is 2. The molecule has 0 bridgehead atoms. The highest BCUT2D eigenvalue weighted by molar-refractivity contribution is 5.42. The first-order valence-corrected chi connectivity index (χ1v) is 7.12. The second-order valence-corrected chi connectivity index (χ2v) is 5.58. The topological polar surface area (TPSA) is 69.2 Å². The summed E-state index contributed by atoms with van der Waals surface area (Å²) in [6, 6.07) is 0. The second kappa shape index (κ2) is 6.69. The second-order valence-electron chi connectivity index (χ2n) is 5.58. The third-order valence-corrected chi connectivity index (χ3v) is 3.52. The van der Waals surface area contributed by atoms with Crippen LogP contribution in [0, 0.1) is 5.92 Å². The number of piperidine rings is 1. The molecule has 2 heterocycles. The molecule has 0 amide bonds. The van der Waals surface area contributed by atoms with Gasteiger partial charge in [0.15, 0.2) is 0 Å². The number of nitrogens with one attached hydrogen (secondary N) is 2. The Morgan fingerprint density at radius 3 is 2.65 bits per heavy atom. The lowest BCUT2D eigenvalue weighted by Gasteiger charge is -2.29. The van der Waals surface area contributed by atoms with Gasteiger partial charge in [0.25, 0.3) is 0 Å². The fourth-order valence-corrected chi connectivity index (χ4v) is 2.43. The maximum atomic E-state index is 4.42. The van der Waals surface area contributed by atoms with E-state index < -0.39 is 0 Å². The van der Waals surface area contributed by atoms with Crippen molar-refractivity contribution in [2.75, 3.05) is 63.4 Å². The van der Waals surface area contributed by atoms with Crippen LogP contribution in [0.1, 0.15) is 12.8 Å². The highest BCUT2D eigenvalue weighted by atomic mass is 15.3. The van der Waals surface area contributed by atoms with Crippen molar-refractivity contribution in [3.05, 3.63) is 0 Å². The Hall–Kier alpha value is -1.63. The smallest absolute Gasteiger partial charge is 0.231 e. The van der Waals surface area contributed by atoms with E-state index in [1.165, 1.54) is 19.4 Å². The zero-order valence-electron chi connectivity index (χ0n) is 12.8. The van der Waals surface area contributed by atoms with Crippen molar-refractivity contribution in [3.63, 3.8) is 0 Å². The van der Waals surface area contributed by atoms with Gasteiger partial charge in [-0.15, -0.1) is 0 Å². The molecule has 2 N–H and O–H groups in total. The van der Waals surface area contributed by atoms with E-state index in [1.807, 2.05) is 26.0 Å². The van der Waals surface area contributed by atoms with Gasteiger partial charge in [0.05, 0.1) is 0 Å². The van der Waals surface area contributed by atoms with Crippen LogP contribution in [-0.2, 0) is 0 Å². The molecule has 0 aromatic carbocycles.